The van der Waals surface area contributed by atoms with Gasteiger partial charge in [0, 0.05) is 36.8 Å². The minimum atomic E-state index is -0.285. The van der Waals surface area contributed by atoms with Crippen molar-refractivity contribution >= 4 is 5.91 Å². The van der Waals surface area contributed by atoms with Gasteiger partial charge < -0.3 is 20.1 Å². The van der Waals surface area contributed by atoms with E-state index in [9.17, 15) is 14.3 Å². The van der Waals surface area contributed by atoms with Gasteiger partial charge in [-0.2, -0.15) is 0 Å². The fourth-order valence-corrected chi connectivity index (χ4v) is 4.99. The summed E-state index contributed by atoms with van der Waals surface area (Å²) in [5.74, 6) is 0.755. The molecule has 4 rings (SSSR count). The van der Waals surface area contributed by atoms with Crippen LogP contribution in [-0.4, -0.2) is 48.3 Å². The van der Waals surface area contributed by atoms with Crippen LogP contribution >= 0.6 is 0 Å². The number of halogens is 1. The topological polar surface area (TPSA) is 61.8 Å². The minimum absolute atomic E-state index is 0.0337. The highest BCUT2D eigenvalue weighted by molar-refractivity contribution is 5.94. The minimum Gasteiger partial charge on any atom is -0.497 e. The van der Waals surface area contributed by atoms with E-state index in [1.807, 2.05) is 23.1 Å². The number of rotatable bonds is 6. The molecule has 2 aromatic rings. The molecule has 2 N–H and O–H groups in total. The smallest absolute Gasteiger partial charge is 0.253 e. The molecule has 2 aliphatic rings. The molecule has 2 aromatic carbocycles. The molecule has 6 heteroatoms. The Morgan fingerprint density at radius 1 is 1.12 bits per heavy atom. The van der Waals surface area contributed by atoms with Crippen molar-refractivity contribution in [2.45, 2.75) is 63.1 Å². The van der Waals surface area contributed by atoms with Gasteiger partial charge in [-0.1, -0.05) is 12.1 Å². The second-order valence-corrected chi connectivity index (χ2v) is 9.17. The third-order valence-corrected chi connectivity index (χ3v) is 6.93. The first-order valence-corrected chi connectivity index (χ1v) is 11.6. The number of nitrogens with zero attached hydrogens (tertiary/aromatic N) is 1. The van der Waals surface area contributed by atoms with Crippen molar-refractivity contribution in [3.8, 4) is 5.75 Å². The Labute approximate surface area is 189 Å². The zero-order valence-electron chi connectivity index (χ0n) is 18.9. The maximum Gasteiger partial charge on any atom is 0.253 e. The molecule has 2 fully saturated rings. The number of hydrogen-bond donors (Lipinski definition) is 2. The molecule has 0 radical (unpaired) electrons. The van der Waals surface area contributed by atoms with Gasteiger partial charge in [0.2, 0.25) is 0 Å². The van der Waals surface area contributed by atoms with E-state index >= 15 is 0 Å². The van der Waals surface area contributed by atoms with Gasteiger partial charge in [-0.05, 0) is 80.3 Å². The quantitative estimate of drug-likeness (QED) is 0.698. The maximum absolute atomic E-state index is 13.9. The van der Waals surface area contributed by atoms with E-state index in [1.54, 1.807) is 13.2 Å². The van der Waals surface area contributed by atoms with Gasteiger partial charge in [0.25, 0.3) is 5.91 Å². The largest absolute Gasteiger partial charge is 0.497 e. The van der Waals surface area contributed by atoms with Crippen LogP contribution in [0, 0.1) is 5.82 Å². The predicted molar refractivity (Wildman–Crippen MR) is 122 cm³/mol. The summed E-state index contributed by atoms with van der Waals surface area (Å²) in [6, 6.07) is 13.3. The standard InChI is InChI=1S/C26H33FN2O3/c1-17(21-13-22(27)16-25(15-21)32-2)28-23-8-7-20(14-23)18-3-5-19(6-4-18)26(31)29-11-9-24(30)10-12-29/h3-6,13,15-17,20,23-24,28,30H,7-12,14H2,1-2H3/t17-,20+,23?/m1/s1. The lowest BCUT2D eigenvalue weighted by atomic mass is 9.96. The highest BCUT2D eigenvalue weighted by Crippen LogP contribution is 2.36. The van der Waals surface area contributed by atoms with E-state index in [1.165, 1.54) is 11.6 Å². The van der Waals surface area contributed by atoms with Crippen molar-refractivity contribution in [1.29, 1.82) is 0 Å². The van der Waals surface area contributed by atoms with Crippen LogP contribution < -0.4 is 10.1 Å². The molecule has 0 spiro atoms. The number of piperidine rings is 1. The van der Waals surface area contributed by atoms with E-state index < -0.39 is 0 Å². The normalized spacial score (nSPS) is 22.7. The van der Waals surface area contributed by atoms with Gasteiger partial charge in [-0.15, -0.1) is 0 Å². The molecule has 1 aliphatic heterocycles. The molecule has 32 heavy (non-hydrogen) atoms. The molecule has 1 saturated heterocycles. The van der Waals surface area contributed by atoms with E-state index in [2.05, 4.69) is 24.4 Å². The van der Waals surface area contributed by atoms with Gasteiger partial charge >= 0.3 is 0 Å². The van der Waals surface area contributed by atoms with Crippen molar-refractivity contribution in [1.82, 2.24) is 10.2 Å². The molecule has 1 amide bonds. The average Bonchev–Trinajstić information content (AvgIpc) is 3.27. The number of nitrogens with one attached hydrogen (secondary N) is 1. The van der Waals surface area contributed by atoms with E-state index in [4.69, 9.17) is 4.74 Å². The third-order valence-electron chi connectivity index (χ3n) is 6.93. The zero-order valence-corrected chi connectivity index (χ0v) is 18.9. The number of carbonyl (C=O) groups is 1. The molecular formula is C26H33FN2O3. The Morgan fingerprint density at radius 2 is 1.84 bits per heavy atom. The summed E-state index contributed by atoms with van der Waals surface area (Å²) in [4.78, 5) is 14.5. The van der Waals surface area contributed by atoms with Gasteiger partial charge in [0.15, 0.2) is 0 Å². The van der Waals surface area contributed by atoms with Crippen LogP contribution in [0.1, 0.15) is 72.5 Å². The molecule has 1 saturated carbocycles. The number of aliphatic hydroxyl groups excluding tert-OH is 1. The third kappa shape index (κ3) is 5.30. The Morgan fingerprint density at radius 3 is 2.53 bits per heavy atom. The number of amides is 1. The number of hydrogen-bond acceptors (Lipinski definition) is 4. The Bertz CT molecular complexity index is 925. The molecule has 3 atom stereocenters. The van der Waals surface area contributed by atoms with E-state index in [0.717, 1.165) is 24.8 Å². The monoisotopic (exact) mass is 440 g/mol. The van der Waals surface area contributed by atoms with Gasteiger partial charge in [-0.3, -0.25) is 4.79 Å². The highest BCUT2D eigenvalue weighted by Gasteiger charge is 2.28. The van der Waals surface area contributed by atoms with Crippen LogP contribution in [0.2, 0.25) is 0 Å². The summed E-state index contributed by atoms with van der Waals surface area (Å²) in [5.41, 5.74) is 2.87. The van der Waals surface area contributed by atoms with Crippen molar-refractivity contribution < 1.29 is 19.0 Å². The Hall–Kier alpha value is -2.44. The summed E-state index contributed by atoms with van der Waals surface area (Å²) in [6.45, 7) is 3.29. The van der Waals surface area contributed by atoms with E-state index in [-0.39, 0.29) is 23.9 Å². The predicted octanol–water partition coefficient (Wildman–Crippen LogP) is 4.42. The van der Waals surface area contributed by atoms with Gasteiger partial charge in [-0.25, -0.2) is 4.39 Å². The van der Waals surface area contributed by atoms with Crippen LogP contribution in [-0.2, 0) is 0 Å². The zero-order chi connectivity index (χ0) is 22.7. The molecular weight excluding hydrogens is 407 g/mol. The molecule has 0 bridgehead atoms. The molecule has 1 aliphatic carbocycles. The fraction of sp³-hybridized carbons (Fsp3) is 0.500. The SMILES string of the molecule is COc1cc(F)cc([C@@H](C)NC2CC[C@H](c3ccc(C(=O)N4CCC(O)CC4)cc3)C2)c1. The Balaban J connectivity index is 1.33. The summed E-state index contributed by atoms with van der Waals surface area (Å²) >= 11 is 0. The second kappa shape index (κ2) is 10.0. The van der Waals surface area contributed by atoms with Crippen LogP contribution in [0.5, 0.6) is 5.75 Å². The molecule has 0 aromatic heterocycles. The second-order valence-electron chi connectivity index (χ2n) is 9.17. The van der Waals surface area contributed by atoms with Crippen LogP contribution in [0.3, 0.4) is 0 Å². The summed E-state index contributed by atoms with van der Waals surface area (Å²) < 4.78 is 19.0. The maximum atomic E-state index is 13.9. The first kappa shape index (κ1) is 22.7. The Kier molecular flexibility index (Phi) is 7.11. The lowest BCUT2D eigenvalue weighted by molar-refractivity contribution is 0.0546. The van der Waals surface area contributed by atoms with Crippen molar-refractivity contribution in [3.63, 3.8) is 0 Å². The lowest BCUT2D eigenvalue weighted by Gasteiger charge is -2.29. The van der Waals surface area contributed by atoms with Crippen LogP contribution in [0.4, 0.5) is 4.39 Å². The van der Waals surface area contributed by atoms with Crippen LogP contribution in [0.15, 0.2) is 42.5 Å². The number of carbonyl (C=O) groups excluding carboxylic acids is 1. The van der Waals surface area contributed by atoms with Gasteiger partial charge in [0.1, 0.15) is 11.6 Å². The average molecular weight is 441 g/mol. The molecule has 1 unspecified atom stereocenters. The fourth-order valence-electron chi connectivity index (χ4n) is 4.99. The van der Waals surface area contributed by atoms with Crippen molar-refractivity contribution in [2.24, 2.45) is 0 Å². The van der Waals surface area contributed by atoms with Gasteiger partial charge in [0.05, 0.1) is 13.2 Å². The summed E-state index contributed by atoms with van der Waals surface area (Å²) in [5, 5.41) is 13.3. The number of likely N-dealkylation sites (tertiary alicyclic amines) is 1. The number of ether oxygens (including phenoxy) is 1. The number of benzene rings is 2. The van der Waals surface area contributed by atoms with Crippen molar-refractivity contribution in [2.75, 3.05) is 20.2 Å². The first-order valence-electron chi connectivity index (χ1n) is 11.6. The number of methoxy groups -OCH3 is 1. The van der Waals surface area contributed by atoms with Crippen molar-refractivity contribution in [3.05, 3.63) is 65.0 Å². The molecule has 172 valence electrons. The molecule has 5 nitrogen and oxygen atoms in total. The first-order chi connectivity index (χ1) is 15.4. The lowest BCUT2D eigenvalue weighted by Crippen LogP contribution is -2.40. The molecule has 1 heterocycles. The van der Waals surface area contributed by atoms with Crippen LogP contribution in [0.25, 0.3) is 0 Å². The highest BCUT2D eigenvalue weighted by atomic mass is 19.1. The summed E-state index contributed by atoms with van der Waals surface area (Å²) in [7, 11) is 1.55. The number of aliphatic hydroxyl groups is 1. The van der Waals surface area contributed by atoms with E-state index in [0.29, 0.717) is 49.2 Å². The summed E-state index contributed by atoms with van der Waals surface area (Å²) in [6.07, 6.45) is 4.21.